The predicted octanol–water partition coefficient (Wildman–Crippen LogP) is 1.24. The number of aromatic nitrogens is 4. The molecular formula is C11H13N5. The fourth-order valence-corrected chi connectivity index (χ4v) is 2.08. The number of hydrogen-bond acceptors (Lipinski definition) is 3. The Morgan fingerprint density at radius 2 is 1.88 bits per heavy atom. The maximum atomic E-state index is 5.89. The van der Waals surface area contributed by atoms with Crippen molar-refractivity contribution in [3.8, 4) is 0 Å². The van der Waals surface area contributed by atoms with Crippen LogP contribution in [0.25, 0.3) is 16.8 Å². The second kappa shape index (κ2) is 3.05. The summed E-state index contributed by atoms with van der Waals surface area (Å²) >= 11 is 0. The number of hydrogen-bond donors (Lipinski definition) is 1. The number of aryl methyl sites for hydroxylation is 1. The van der Waals surface area contributed by atoms with E-state index in [1.165, 1.54) is 0 Å². The molecule has 1 unspecified atom stereocenters. The molecule has 2 heterocycles. The summed E-state index contributed by atoms with van der Waals surface area (Å²) in [5.41, 5.74) is 8.12. The first-order valence-electron chi connectivity index (χ1n) is 5.24. The van der Waals surface area contributed by atoms with Gasteiger partial charge >= 0.3 is 0 Å². The first-order valence-corrected chi connectivity index (χ1v) is 5.24. The van der Waals surface area contributed by atoms with Crippen LogP contribution in [0.1, 0.15) is 18.8 Å². The van der Waals surface area contributed by atoms with Crippen LogP contribution in [0.2, 0.25) is 0 Å². The van der Waals surface area contributed by atoms with Crippen LogP contribution in [-0.4, -0.2) is 19.2 Å². The van der Waals surface area contributed by atoms with E-state index in [0.717, 1.165) is 22.6 Å². The van der Waals surface area contributed by atoms with Crippen molar-refractivity contribution in [2.24, 2.45) is 12.8 Å². The zero-order valence-electron chi connectivity index (χ0n) is 9.25. The average Bonchev–Trinajstić information content (AvgIpc) is 2.81. The molecule has 0 bridgehead atoms. The van der Waals surface area contributed by atoms with Gasteiger partial charge in [0.1, 0.15) is 0 Å². The Kier molecular flexibility index (Phi) is 1.79. The van der Waals surface area contributed by atoms with Crippen molar-refractivity contribution in [2.45, 2.75) is 13.0 Å². The molecule has 0 aliphatic heterocycles. The van der Waals surface area contributed by atoms with Crippen molar-refractivity contribution < 1.29 is 0 Å². The van der Waals surface area contributed by atoms with E-state index in [2.05, 4.69) is 22.3 Å². The first kappa shape index (κ1) is 9.35. The summed E-state index contributed by atoms with van der Waals surface area (Å²) in [4.78, 5) is 0. The highest BCUT2D eigenvalue weighted by Gasteiger charge is 2.16. The molecule has 0 aliphatic rings. The van der Waals surface area contributed by atoms with Crippen LogP contribution in [0.4, 0.5) is 0 Å². The first-order chi connectivity index (χ1) is 7.70. The molecule has 5 nitrogen and oxygen atoms in total. The van der Waals surface area contributed by atoms with Gasteiger partial charge in [0.25, 0.3) is 0 Å². The SMILES string of the molecule is CC(N)c1nnc2n(C)c3ccccc3n12. The Labute approximate surface area is 92.5 Å². The molecule has 3 rings (SSSR count). The van der Waals surface area contributed by atoms with Gasteiger partial charge in [-0.05, 0) is 19.1 Å². The van der Waals surface area contributed by atoms with Crippen LogP contribution < -0.4 is 5.73 Å². The maximum absolute atomic E-state index is 5.89. The predicted molar refractivity (Wildman–Crippen MR) is 62.1 cm³/mol. The average molecular weight is 215 g/mol. The zero-order valence-corrected chi connectivity index (χ0v) is 9.25. The lowest BCUT2D eigenvalue weighted by atomic mass is 10.3. The van der Waals surface area contributed by atoms with Crippen molar-refractivity contribution in [3.05, 3.63) is 30.1 Å². The highest BCUT2D eigenvalue weighted by Crippen LogP contribution is 2.21. The minimum absolute atomic E-state index is 0.124. The van der Waals surface area contributed by atoms with Gasteiger partial charge in [-0.3, -0.25) is 4.40 Å². The van der Waals surface area contributed by atoms with E-state index in [1.807, 2.05) is 35.1 Å². The highest BCUT2D eigenvalue weighted by molar-refractivity contribution is 5.80. The number of para-hydroxylation sites is 2. The zero-order chi connectivity index (χ0) is 11.3. The van der Waals surface area contributed by atoms with Gasteiger partial charge in [-0.15, -0.1) is 10.2 Å². The third-order valence-electron chi connectivity index (χ3n) is 2.86. The topological polar surface area (TPSA) is 61.1 Å². The van der Waals surface area contributed by atoms with Gasteiger partial charge in [-0.1, -0.05) is 12.1 Å². The molecule has 5 heteroatoms. The van der Waals surface area contributed by atoms with Gasteiger partial charge in [-0.25, -0.2) is 0 Å². The third kappa shape index (κ3) is 1.03. The third-order valence-corrected chi connectivity index (χ3v) is 2.86. The smallest absolute Gasteiger partial charge is 0.236 e. The number of benzene rings is 1. The van der Waals surface area contributed by atoms with Crippen LogP contribution >= 0.6 is 0 Å². The van der Waals surface area contributed by atoms with Crippen LogP contribution in [0.5, 0.6) is 0 Å². The molecule has 2 aromatic heterocycles. The molecule has 0 fully saturated rings. The minimum atomic E-state index is -0.124. The standard InChI is InChI=1S/C11H13N5/c1-7(12)10-13-14-11-15(2)8-5-3-4-6-9(8)16(10)11/h3-7H,12H2,1-2H3. The summed E-state index contributed by atoms with van der Waals surface area (Å²) in [7, 11) is 1.98. The lowest BCUT2D eigenvalue weighted by molar-refractivity contribution is 0.732. The van der Waals surface area contributed by atoms with E-state index in [9.17, 15) is 0 Å². The Hall–Kier alpha value is -1.88. The van der Waals surface area contributed by atoms with Crippen LogP contribution in [0.3, 0.4) is 0 Å². The van der Waals surface area contributed by atoms with Gasteiger partial charge in [0.05, 0.1) is 17.1 Å². The van der Waals surface area contributed by atoms with E-state index in [1.54, 1.807) is 0 Å². The van der Waals surface area contributed by atoms with Crippen LogP contribution in [0, 0.1) is 0 Å². The molecule has 0 aliphatic carbocycles. The number of imidazole rings is 1. The van der Waals surface area contributed by atoms with E-state index >= 15 is 0 Å². The lowest BCUT2D eigenvalue weighted by Gasteiger charge is -2.00. The van der Waals surface area contributed by atoms with Crippen LogP contribution in [-0.2, 0) is 7.05 Å². The molecule has 82 valence electrons. The molecule has 0 saturated carbocycles. The molecule has 3 aromatic rings. The molecule has 0 radical (unpaired) electrons. The molecule has 0 spiro atoms. The Balaban J connectivity index is 2.55. The summed E-state index contributed by atoms with van der Waals surface area (Å²) < 4.78 is 4.04. The summed E-state index contributed by atoms with van der Waals surface area (Å²) in [6.07, 6.45) is 0. The fourth-order valence-electron chi connectivity index (χ4n) is 2.08. The maximum Gasteiger partial charge on any atom is 0.236 e. The molecule has 0 saturated heterocycles. The fraction of sp³-hybridized carbons (Fsp3) is 0.273. The molecule has 16 heavy (non-hydrogen) atoms. The lowest BCUT2D eigenvalue weighted by Crippen LogP contribution is -2.09. The van der Waals surface area contributed by atoms with E-state index in [-0.39, 0.29) is 6.04 Å². The Morgan fingerprint density at radius 1 is 1.19 bits per heavy atom. The van der Waals surface area contributed by atoms with E-state index < -0.39 is 0 Å². The summed E-state index contributed by atoms with van der Waals surface area (Å²) in [6.45, 7) is 1.91. The second-order valence-corrected chi connectivity index (χ2v) is 4.03. The van der Waals surface area contributed by atoms with Gasteiger partial charge in [-0.2, -0.15) is 0 Å². The van der Waals surface area contributed by atoms with Crippen molar-refractivity contribution in [3.63, 3.8) is 0 Å². The largest absolute Gasteiger partial charge is 0.322 e. The quantitative estimate of drug-likeness (QED) is 0.664. The molecule has 0 amide bonds. The van der Waals surface area contributed by atoms with Crippen LogP contribution in [0.15, 0.2) is 24.3 Å². The monoisotopic (exact) mass is 215 g/mol. The molecular weight excluding hydrogens is 202 g/mol. The number of nitrogens with zero attached hydrogens (tertiary/aromatic N) is 4. The van der Waals surface area contributed by atoms with Crippen molar-refractivity contribution in [1.82, 2.24) is 19.2 Å². The molecule has 1 aromatic carbocycles. The number of nitrogens with two attached hydrogens (primary N) is 1. The number of rotatable bonds is 1. The summed E-state index contributed by atoms with van der Waals surface area (Å²) in [5.74, 6) is 1.63. The second-order valence-electron chi connectivity index (χ2n) is 4.03. The summed E-state index contributed by atoms with van der Waals surface area (Å²) in [6, 6.07) is 8.01. The Bertz CT molecular complexity index is 661. The van der Waals surface area contributed by atoms with E-state index in [0.29, 0.717) is 0 Å². The van der Waals surface area contributed by atoms with Gasteiger partial charge < -0.3 is 10.3 Å². The minimum Gasteiger partial charge on any atom is -0.322 e. The van der Waals surface area contributed by atoms with Gasteiger partial charge in [0.15, 0.2) is 5.82 Å². The summed E-state index contributed by atoms with van der Waals surface area (Å²) in [5, 5.41) is 8.31. The van der Waals surface area contributed by atoms with E-state index in [4.69, 9.17) is 5.73 Å². The van der Waals surface area contributed by atoms with Gasteiger partial charge in [0.2, 0.25) is 5.78 Å². The molecule has 2 N–H and O–H groups in total. The van der Waals surface area contributed by atoms with Crippen molar-refractivity contribution >= 4 is 16.8 Å². The molecule has 1 atom stereocenters. The highest BCUT2D eigenvalue weighted by atomic mass is 15.3. The van der Waals surface area contributed by atoms with Gasteiger partial charge in [0, 0.05) is 7.05 Å². The number of fused-ring (bicyclic) bond motifs is 3. The normalized spacial score (nSPS) is 13.7. The Morgan fingerprint density at radius 3 is 2.56 bits per heavy atom. The van der Waals surface area contributed by atoms with Crippen molar-refractivity contribution in [2.75, 3.05) is 0 Å². The van der Waals surface area contributed by atoms with Crippen molar-refractivity contribution in [1.29, 1.82) is 0 Å².